The largest absolute Gasteiger partial charge is 0.481 e. The van der Waals surface area contributed by atoms with Crippen molar-refractivity contribution in [1.29, 1.82) is 0 Å². The lowest BCUT2D eigenvalue weighted by atomic mass is 10.0. The van der Waals surface area contributed by atoms with Gasteiger partial charge in [0.05, 0.1) is 30.8 Å². The van der Waals surface area contributed by atoms with E-state index in [1.54, 1.807) is 20.2 Å². The van der Waals surface area contributed by atoms with Crippen molar-refractivity contribution in [2.45, 2.75) is 39.8 Å². The second-order valence-electron chi connectivity index (χ2n) is 9.29. The molecule has 4 heterocycles. The molecule has 37 heavy (non-hydrogen) atoms. The molecule has 0 saturated carbocycles. The fraction of sp³-hybridized carbons (Fsp3) is 0.458. The highest BCUT2D eigenvalue weighted by Crippen LogP contribution is 2.33. The van der Waals surface area contributed by atoms with Crippen molar-refractivity contribution in [3.8, 4) is 17.3 Å². The lowest BCUT2D eigenvalue weighted by Gasteiger charge is -2.42. The van der Waals surface area contributed by atoms with Crippen LogP contribution in [0, 0.1) is 13.8 Å². The van der Waals surface area contributed by atoms with Crippen molar-refractivity contribution in [1.82, 2.24) is 34.1 Å². The van der Waals surface area contributed by atoms with Gasteiger partial charge in [-0.15, -0.1) is 0 Å². The highest BCUT2D eigenvalue weighted by molar-refractivity contribution is 7.88. The van der Waals surface area contributed by atoms with Crippen molar-refractivity contribution >= 4 is 27.5 Å². The average molecular weight is 528 g/mol. The Morgan fingerprint density at radius 2 is 1.89 bits per heavy atom. The van der Waals surface area contributed by atoms with E-state index in [1.165, 1.54) is 10.6 Å². The molecule has 3 aromatic rings. The van der Waals surface area contributed by atoms with E-state index < -0.39 is 10.0 Å². The monoisotopic (exact) mass is 527 g/mol. The Hall–Kier alpha value is -3.42. The molecule has 0 spiro atoms. The molecular formula is C24H33N9O3S. The first kappa shape index (κ1) is 26.6. The summed E-state index contributed by atoms with van der Waals surface area (Å²) in [6.07, 6.45) is 4.74. The van der Waals surface area contributed by atoms with Gasteiger partial charge in [0.25, 0.3) is 0 Å². The molecule has 1 saturated heterocycles. The van der Waals surface area contributed by atoms with Gasteiger partial charge in [-0.1, -0.05) is 0 Å². The second-order valence-corrected chi connectivity index (χ2v) is 11.3. The van der Waals surface area contributed by atoms with E-state index in [0.29, 0.717) is 48.5 Å². The number of aryl methyl sites for hydroxylation is 2. The first-order valence-corrected chi connectivity index (χ1v) is 13.8. The Labute approximate surface area is 217 Å². The van der Waals surface area contributed by atoms with Crippen LogP contribution in [-0.4, -0.2) is 81.6 Å². The van der Waals surface area contributed by atoms with Crippen LogP contribution in [0.15, 0.2) is 24.5 Å². The summed E-state index contributed by atoms with van der Waals surface area (Å²) in [4.78, 5) is 24.3. The number of nitrogen functional groups attached to an aromatic ring is 1. The molecule has 2 unspecified atom stereocenters. The molecule has 12 nitrogen and oxygen atoms in total. The van der Waals surface area contributed by atoms with Crippen molar-refractivity contribution < 1.29 is 13.2 Å². The van der Waals surface area contributed by atoms with Gasteiger partial charge in [0, 0.05) is 43.5 Å². The van der Waals surface area contributed by atoms with Crippen molar-refractivity contribution in [3.05, 3.63) is 41.5 Å². The van der Waals surface area contributed by atoms with Gasteiger partial charge in [-0.3, -0.25) is 4.90 Å². The number of hydrogen-bond acceptors (Lipinski definition) is 11. The van der Waals surface area contributed by atoms with E-state index in [1.807, 2.05) is 32.2 Å². The van der Waals surface area contributed by atoms with Crippen molar-refractivity contribution in [2.75, 3.05) is 44.1 Å². The summed E-state index contributed by atoms with van der Waals surface area (Å²) >= 11 is 0. The second kappa shape index (κ2) is 10.5. The lowest BCUT2D eigenvalue weighted by Crippen LogP contribution is -2.53. The molecule has 2 atom stereocenters. The number of pyridine rings is 2. The van der Waals surface area contributed by atoms with Crippen LogP contribution in [0.1, 0.15) is 36.8 Å². The summed E-state index contributed by atoms with van der Waals surface area (Å²) in [5, 5.41) is 3.32. The quantitative estimate of drug-likeness (QED) is 0.465. The molecule has 1 fully saturated rings. The summed E-state index contributed by atoms with van der Waals surface area (Å²) in [5.41, 5.74) is 9.16. The molecule has 198 valence electrons. The molecule has 0 bridgehead atoms. The molecule has 1 aliphatic heterocycles. The highest BCUT2D eigenvalue weighted by atomic mass is 32.2. The molecule has 0 radical (unpaired) electrons. The minimum absolute atomic E-state index is 0.0258. The van der Waals surface area contributed by atoms with E-state index >= 15 is 0 Å². The van der Waals surface area contributed by atoms with Crippen LogP contribution in [0.3, 0.4) is 0 Å². The topological polar surface area (TPSA) is 152 Å². The first-order valence-electron chi connectivity index (χ1n) is 11.9. The predicted octanol–water partition coefficient (Wildman–Crippen LogP) is 2.31. The summed E-state index contributed by atoms with van der Waals surface area (Å²) in [5.74, 6) is 2.12. The zero-order chi connectivity index (χ0) is 26.9. The van der Waals surface area contributed by atoms with E-state index in [9.17, 15) is 8.42 Å². The smallest absolute Gasteiger partial charge is 0.223 e. The number of sulfonamides is 1. The summed E-state index contributed by atoms with van der Waals surface area (Å²) in [6.45, 7) is 9.29. The Morgan fingerprint density at radius 3 is 2.51 bits per heavy atom. The number of ether oxygens (including phenoxy) is 1. The third-order valence-corrected chi connectivity index (χ3v) is 7.76. The molecule has 0 amide bonds. The number of nitrogens with zero attached hydrogens (tertiary/aromatic N) is 7. The minimum atomic E-state index is -3.23. The number of hydrogen-bond donors (Lipinski definition) is 2. The van der Waals surface area contributed by atoms with Gasteiger partial charge in [0.2, 0.25) is 21.9 Å². The van der Waals surface area contributed by atoms with E-state index in [2.05, 4.69) is 37.1 Å². The maximum atomic E-state index is 12.0. The summed E-state index contributed by atoms with van der Waals surface area (Å²) in [7, 11) is -1.65. The van der Waals surface area contributed by atoms with Crippen LogP contribution in [-0.2, 0) is 10.0 Å². The van der Waals surface area contributed by atoms with E-state index in [4.69, 9.17) is 15.5 Å². The zero-order valence-corrected chi connectivity index (χ0v) is 22.7. The maximum absolute atomic E-state index is 12.0. The Balaban J connectivity index is 1.70. The number of anilines is 3. The van der Waals surface area contributed by atoms with Gasteiger partial charge in [-0.2, -0.15) is 14.3 Å². The molecule has 1 aliphatic rings. The molecule has 4 rings (SSSR count). The van der Waals surface area contributed by atoms with Gasteiger partial charge < -0.3 is 15.8 Å². The Kier molecular flexibility index (Phi) is 7.57. The number of methoxy groups -OCH3 is 1. The Morgan fingerprint density at radius 1 is 1.14 bits per heavy atom. The van der Waals surface area contributed by atoms with Crippen LogP contribution in [0.4, 0.5) is 17.5 Å². The highest BCUT2D eigenvalue weighted by Gasteiger charge is 2.32. The molecule has 13 heteroatoms. The zero-order valence-electron chi connectivity index (χ0n) is 21.9. The lowest BCUT2D eigenvalue weighted by molar-refractivity contribution is 0.0906. The van der Waals surface area contributed by atoms with Crippen LogP contribution in [0.2, 0.25) is 0 Å². The number of piperazine rings is 1. The summed E-state index contributed by atoms with van der Waals surface area (Å²) < 4.78 is 30.9. The van der Waals surface area contributed by atoms with Gasteiger partial charge in [-0.05, 0) is 45.4 Å². The van der Waals surface area contributed by atoms with Crippen molar-refractivity contribution in [3.63, 3.8) is 0 Å². The molecule has 3 N–H and O–H groups in total. The first-order chi connectivity index (χ1) is 17.5. The normalized spacial score (nSPS) is 17.9. The van der Waals surface area contributed by atoms with Crippen LogP contribution < -0.4 is 15.8 Å². The van der Waals surface area contributed by atoms with Crippen LogP contribution >= 0.6 is 0 Å². The standard InChI is InChI=1S/C24H33N9O3S/c1-14-9-19(12-27-23(14)36-5)30-21-20(22-28-17(4)29-24(25)31-22)10-18(11-26-21)16(3)33-8-7-32(13-15(33)2)37(6,34)35/h9-12,15-16H,7-8,13H2,1-6H3,(H,26,30)(H2,25,28,29,31). The van der Waals surface area contributed by atoms with E-state index in [0.717, 1.165) is 16.8 Å². The number of rotatable bonds is 7. The number of nitrogens with one attached hydrogen (secondary N) is 1. The van der Waals surface area contributed by atoms with E-state index in [-0.39, 0.29) is 18.0 Å². The summed E-state index contributed by atoms with van der Waals surface area (Å²) in [6, 6.07) is 3.92. The van der Waals surface area contributed by atoms with Gasteiger partial charge in [0.15, 0.2) is 5.82 Å². The average Bonchev–Trinajstić information content (AvgIpc) is 2.83. The van der Waals surface area contributed by atoms with Crippen LogP contribution in [0.5, 0.6) is 5.88 Å². The fourth-order valence-electron chi connectivity index (χ4n) is 4.59. The maximum Gasteiger partial charge on any atom is 0.223 e. The number of aromatic nitrogens is 5. The van der Waals surface area contributed by atoms with Gasteiger partial charge in [-0.25, -0.2) is 23.4 Å². The van der Waals surface area contributed by atoms with Gasteiger partial charge in [0.1, 0.15) is 11.6 Å². The predicted molar refractivity (Wildman–Crippen MR) is 142 cm³/mol. The SMILES string of the molecule is COc1ncc(Nc2ncc(C(C)N3CCN(S(C)(=O)=O)CC3C)cc2-c2nc(C)nc(N)n2)cc1C. The minimum Gasteiger partial charge on any atom is -0.481 e. The molecular weight excluding hydrogens is 494 g/mol. The van der Waals surface area contributed by atoms with Crippen molar-refractivity contribution in [2.24, 2.45) is 0 Å². The fourth-order valence-corrected chi connectivity index (χ4v) is 5.49. The third kappa shape index (κ3) is 5.95. The van der Waals surface area contributed by atoms with Gasteiger partial charge >= 0.3 is 0 Å². The Bertz CT molecular complexity index is 1380. The third-order valence-electron chi connectivity index (χ3n) is 6.49. The van der Waals surface area contributed by atoms with Crippen LogP contribution in [0.25, 0.3) is 11.4 Å². The molecule has 0 aliphatic carbocycles. The molecule has 0 aromatic carbocycles. The number of nitrogens with two attached hydrogens (primary N) is 1. The molecule has 3 aromatic heterocycles.